The second-order valence-electron chi connectivity index (χ2n) is 4.27. The van der Waals surface area contributed by atoms with Crippen molar-refractivity contribution in [3.05, 3.63) is 33.1 Å². The van der Waals surface area contributed by atoms with Crippen molar-refractivity contribution in [2.75, 3.05) is 0 Å². The molecule has 4 heteroatoms. The van der Waals surface area contributed by atoms with Gasteiger partial charge >= 0.3 is 0 Å². The quantitative estimate of drug-likeness (QED) is 0.626. The van der Waals surface area contributed by atoms with E-state index in [1.165, 1.54) is 6.07 Å². The Morgan fingerprint density at radius 3 is 2.20 bits per heavy atom. The van der Waals surface area contributed by atoms with E-state index in [1.807, 2.05) is 26.8 Å². The number of rotatable bonds is 0. The van der Waals surface area contributed by atoms with Crippen molar-refractivity contribution in [3.63, 3.8) is 0 Å². The van der Waals surface area contributed by atoms with Crippen molar-refractivity contribution in [1.82, 2.24) is 0 Å². The fraction of sp³-hybridized carbons (Fsp3) is 0.364. The lowest BCUT2D eigenvalue weighted by atomic mass is 9.86. The third-order valence-electron chi connectivity index (χ3n) is 2.08. The molecule has 0 atom stereocenters. The highest BCUT2D eigenvalue weighted by Crippen LogP contribution is 2.36. The Bertz CT molecular complexity index is 441. The topological polar surface area (TPSA) is 23.8 Å². The molecule has 0 fully saturated rings. The van der Waals surface area contributed by atoms with Crippen molar-refractivity contribution < 1.29 is 4.39 Å². The SMILES string of the molecule is CC(C)(C)c1cc(F)c(Cl)c(C#N)c1Cl. The van der Waals surface area contributed by atoms with E-state index in [4.69, 9.17) is 28.5 Å². The molecular formula is C11H10Cl2FN. The van der Waals surface area contributed by atoms with Crippen LogP contribution in [0.4, 0.5) is 4.39 Å². The summed E-state index contributed by atoms with van der Waals surface area (Å²) in [6.45, 7) is 5.67. The van der Waals surface area contributed by atoms with Crippen molar-refractivity contribution in [2.45, 2.75) is 26.2 Å². The van der Waals surface area contributed by atoms with Crippen LogP contribution in [-0.2, 0) is 5.41 Å². The average molecular weight is 246 g/mol. The molecule has 1 nitrogen and oxygen atoms in total. The van der Waals surface area contributed by atoms with Crippen LogP contribution >= 0.6 is 23.2 Å². The van der Waals surface area contributed by atoms with Crippen LogP contribution in [0.25, 0.3) is 0 Å². The van der Waals surface area contributed by atoms with E-state index < -0.39 is 5.82 Å². The van der Waals surface area contributed by atoms with Crippen LogP contribution in [0.2, 0.25) is 10.0 Å². The first-order valence-electron chi connectivity index (χ1n) is 4.37. The van der Waals surface area contributed by atoms with Crippen molar-refractivity contribution in [1.29, 1.82) is 5.26 Å². The summed E-state index contributed by atoms with van der Waals surface area (Å²) in [5, 5.41) is 8.85. The molecule has 0 bridgehead atoms. The maximum absolute atomic E-state index is 13.4. The molecule has 0 N–H and O–H groups in total. The van der Waals surface area contributed by atoms with Crippen LogP contribution in [0.5, 0.6) is 0 Å². The predicted octanol–water partition coefficient (Wildman–Crippen LogP) is 4.30. The molecule has 1 aromatic rings. The molecule has 0 amide bonds. The molecule has 15 heavy (non-hydrogen) atoms. The molecule has 80 valence electrons. The second-order valence-corrected chi connectivity index (χ2v) is 5.03. The Morgan fingerprint density at radius 2 is 1.80 bits per heavy atom. The molecule has 0 aromatic heterocycles. The Kier molecular flexibility index (Phi) is 3.28. The minimum Gasteiger partial charge on any atom is -0.205 e. The van der Waals surface area contributed by atoms with E-state index in [0.717, 1.165) is 0 Å². The number of benzene rings is 1. The maximum Gasteiger partial charge on any atom is 0.143 e. The monoisotopic (exact) mass is 245 g/mol. The van der Waals surface area contributed by atoms with Crippen LogP contribution < -0.4 is 0 Å². The molecule has 0 heterocycles. The summed E-state index contributed by atoms with van der Waals surface area (Å²) in [6, 6.07) is 3.10. The van der Waals surface area contributed by atoms with Crippen LogP contribution in [0.15, 0.2) is 6.07 Å². The lowest BCUT2D eigenvalue weighted by Gasteiger charge is -2.21. The molecule has 1 rings (SSSR count). The predicted molar refractivity (Wildman–Crippen MR) is 59.8 cm³/mol. The van der Waals surface area contributed by atoms with E-state index in [1.54, 1.807) is 0 Å². The van der Waals surface area contributed by atoms with Gasteiger partial charge in [0.1, 0.15) is 11.9 Å². The zero-order valence-electron chi connectivity index (χ0n) is 8.66. The minimum atomic E-state index is -0.609. The zero-order chi connectivity index (χ0) is 11.8. The number of hydrogen-bond donors (Lipinski definition) is 0. The van der Waals surface area contributed by atoms with Gasteiger partial charge in [-0.3, -0.25) is 0 Å². The average Bonchev–Trinajstić information content (AvgIpc) is 2.10. The first-order valence-corrected chi connectivity index (χ1v) is 5.12. The van der Waals surface area contributed by atoms with Crippen molar-refractivity contribution in [3.8, 4) is 6.07 Å². The summed E-state index contributed by atoms with van der Waals surface area (Å²) in [7, 11) is 0. The van der Waals surface area contributed by atoms with Crippen LogP contribution in [0.1, 0.15) is 31.9 Å². The highest BCUT2D eigenvalue weighted by atomic mass is 35.5. The Balaban J connectivity index is 3.60. The van der Waals surface area contributed by atoms with Gasteiger partial charge < -0.3 is 0 Å². The zero-order valence-corrected chi connectivity index (χ0v) is 10.2. The smallest absolute Gasteiger partial charge is 0.143 e. The third kappa shape index (κ3) is 2.25. The van der Waals surface area contributed by atoms with Gasteiger partial charge in [-0.15, -0.1) is 0 Å². The van der Waals surface area contributed by atoms with Gasteiger partial charge in [-0.25, -0.2) is 4.39 Å². The fourth-order valence-electron chi connectivity index (χ4n) is 1.25. The molecule has 0 unspecified atom stereocenters. The van der Waals surface area contributed by atoms with Crippen LogP contribution in [0.3, 0.4) is 0 Å². The van der Waals surface area contributed by atoms with Gasteiger partial charge in [-0.1, -0.05) is 44.0 Å². The third-order valence-corrected chi connectivity index (χ3v) is 2.84. The molecule has 1 aromatic carbocycles. The Morgan fingerprint density at radius 1 is 1.27 bits per heavy atom. The van der Waals surface area contributed by atoms with Gasteiger partial charge in [0.25, 0.3) is 0 Å². The molecule has 0 aliphatic heterocycles. The number of halogens is 3. The first-order chi connectivity index (χ1) is 6.79. The van der Waals surface area contributed by atoms with E-state index in [2.05, 4.69) is 0 Å². The Hall–Kier alpha value is -0.780. The Labute approximate surface area is 98.4 Å². The molecule has 0 saturated heterocycles. The van der Waals surface area contributed by atoms with Crippen molar-refractivity contribution in [2.24, 2.45) is 0 Å². The number of nitrogens with zero attached hydrogens (tertiary/aromatic N) is 1. The maximum atomic E-state index is 13.4. The fourth-order valence-corrected chi connectivity index (χ4v) is 1.96. The lowest BCUT2D eigenvalue weighted by molar-refractivity contribution is 0.572. The van der Waals surface area contributed by atoms with Gasteiger partial charge in [-0.2, -0.15) is 5.26 Å². The van der Waals surface area contributed by atoms with Gasteiger partial charge in [0.05, 0.1) is 15.6 Å². The normalized spacial score (nSPS) is 11.3. The lowest BCUT2D eigenvalue weighted by Crippen LogP contribution is -2.13. The van der Waals surface area contributed by atoms with Gasteiger partial charge in [0.15, 0.2) is 0 Å². The summed E-state index contributed by atoms with van der Waals surface area (Å²) in [5.41, 5.74) is 0.263. The van der Waals surface area contributed by atoms with Crippen LogP contribution in [-0.4, -0.2) is 0 Å². The molecular weight excluding hydrogens is 236 g/mol. The van der Waals surface area contributed by atoms with Crippen molar-refractivity contribution >= 4 is 23.2 Å². The van der Waals surface area contributed by atoms with E-state index in [0.29, 0.717) is 5.56 Å². The first kappa shape index (κ1) is 12.3. The summed E-state index contributed by atoms with van der Waals surface area (Å²) in [5.74, 6) is -0.609. The molecule has 0 spiro atoms. The molecule has 0 aliphatic rings. The van der Waals surface area contributed by atoms with Gasteiger partial charge in [-0.05, 0) is 17.0 Å². The van der Waals surface area contributed by atoms with Gasteiger partial charge in [0.2, 0.25) is 0 Å². The largest absolute Gasteiger partial charge is 0.205 e. The van der Waals surface area contributed by atoms with Gasteiger partial charge in [0, 0.05) is 0 Å². The summed E-state index contributed by atoms with van der Waals surface area (Å²) in [6.07, 6.45) is 0. The second kappa shape index (κ2) is 4.00. The van der Waals surface area contributed by atoms with E-state index in [9.17, 15) is 4.39 Å². The summed E-state index contributed by atoms with van der Waals surface area (Å²) < 4.78 is 13.4. The summed E-state index contributed by atoms with van der Waals surface area (Å²) >= 11 is 11.6. The highest BCUT2D eigenvalue weighted by molar-refractivity contribution is 6.37. The highest BCUT2D eigenvalue weighted by Gasteiger charge is 2.23. The number of nitriles is 1. The van der Waals surface area contributed by atoms with E-state index in [-0.39, 0.29) is 21.0 Å². The van der Waals surface area contributed by atoms with E-state index >= 15 is 0 Å². The number of hydrogen-bond acceptors (Lipinski definition) is 1. The molecule has 0 radical (unpaired) electrons. The minimum absolute atomic E-state index is 0.00302. The molecule has 0 saturated carbocycles. The standard InChI is InChI=1S/C11H10Cl2FN/c1-11(2,3)7-4-8(14)10(13)6(5-15)9(7)12/h4H,1-3H3. The van der Waals surface area contributed by atoms with Crippen LogP contribution in [0, 0.1) is 17.1 Å². The summed E-state index contributed by atoms with van der Waals surface area (Å²) in [4.78, 5) is 0. The molecule has 0 aliphatic carbocycles.